The number of thiol groups is 1. The molecule has 4 aromatic carbocycles. The monoisotopic (exact) mass is 595 g/mol. The largest absolute Gasteiger partial charge is 0.456 e. The number of oxime groups is 1. The van der Waals surface area contributed by atoms with Gasteiger partial charge in [-0.05, 0) is 6.07 Å². The van der Waals surface area contributed by atoms with Crippen molar-refractivity contribution in [3.05, 3.63) is 143 Å². The molecule has 0 fully saturated rings. The summed E-state index contributed by atoms with van der Waals surface area (Å²) in [6, 6.07) is 36.7. The number of rotatable bonds is 8. The van der Waals surface area contributed by atoms with Gasteiger partial charge in [0.15, 0.2) is 5.13 Å². The van der Waals surface area contributed by atoms with Crippen molar-refractivity contribution in [2.24, 2.45) is 5.16 Å². The standard InChI is InChI=1S/C31H23N4O3S3/c32-29-33-25(20-40-29)27(28(36)37-30-34-24-18-10-11-19-26(24)41(30)39)35-38-31(21-12-4-1-5-13-21,22-14-6-2-7-15-22)23-16-8-3-9-17-23/h1-20,39H,(H2,32,33)/q+1/b35-27-. The molecule has 6 rings (SSSR count). The Morgan fingerprint density at radius 1 is 0.805 bits per heavy atom. The highest BCUT2D eigenvalue weighted by atomic mass is 33.1. The third-order valence-electron chi connectivity index (χ3n) is 6.40. The Balaban J connectivity index is 1.49. The molecule has 0 aliphatic carbocycles. The van der Waals surface area contributed by atoms with Crippen molar-refractivity contribution in [2.45, 2.75) is 5.60 Å². The zero-order chi connectivity index (χ0) is 28.2. The average molecular weight is 596 g/mol. The predicted octanol–water partition coefficient (Wildman–Crippen LogP) is 7.03. The van der Waals surface area contributed by atoms with E-state index >= 15 is 0 Å². The zero-order valence-electron chi connectivity index (χ0n) is 21.5. The van der Waals surface area contributed by atoms with Gasteiger partial charge in [-0.2, -0.15) is 4.98 Å². The second-order valence-electron chi connectivity index (χ2n) is 8.90. The Morgan fingerprint density at radius 2 is 1.34 bits per heavy atom. The zero-order valence-corrected chi connectivity index (χ0v) is 24.0. The summed E-state index contributed by atoms with van der Waals surface area (Å²) in [7, 11) is -0.821. The van der Waals surface area contributed by atoms with Crippen LogP contribution in [0.3, 0.4) is 0 Å². The molecule has 202 valence electrons. The summed E-state index contributed by atoms with van der Waals surface area (Å²) in [5, 5.41) is 6.57. The highest BCUT2D eigenvalue weighted by molar-refractivity contribution is 8.35. The summed E-state index contributed by atoms with van der Waals surface area (Å²) >= 11 is 5.84. The van der Waals surface area contributed by atoms with Crippen LogP contribution in [-0.2, 0) is 15.2 Å². The lowest BCUT2D eigenvalue weighted by Gasteiger charge is -2.33. The second kappa shape index (κ2) is 11.5. The fourth-order valence-electron chi connectivity index (χ4n) is 4.51. The van der Waals surface area contributed by atoms with E-state index in [1.165, 1.54) is 11.3 Å². The summed E-state index contributed by atoms with van der Waals surface area (Å²) in [6.45, 7) is 0. The first-order valence-electron chi connectivity index (χ1n) is 12.5. The average Bonchev–Trinajstić information content (AvgIpc) is 3.59. The third kappa shape index (κ3) is 5.20. The lowest BCUT2D eigenvalue weighted by Crippen LogP contribution is -2.33. The molecule has 0 amide bonds. The van der Waals surface area contributed by atoms with Gasteiger partial charge in [0.25, 0.3) is 0 Å². The minimum atomic E-state index is -1.20. The van der Waals surface area contributed by atoms with E-state index in [1.807, 2.05) is 115 Å². The number of ether oxygens (including phenoxy) is 1. The lowest BCUT2D eigenvalue weighted by molar-refractivity contribution is -0.127. The van der Waals surface area contributed by atoms with E-state index < -0.39 is 21.1 Å². The number of fused-ring (bicyclic) bond motifs is 1. The molecule has 1 atom stereocenters. The first-order valence-corrected chi connectivity index (χ1v) is 15.7. The molecular formula is C31H23N4O3S3+. The van der Waals surface area contributed by atoms with Crippen LogP contribution < -0.4 is 10.5 Å². The minimum Gasteiger partial charge on any atom is -0.375 e. The lowest BCUT2D eigenvalue weighted by atomic mass is 9.80. The Labute approximate surface area is 247 Å². The van der Waals surface area contributed by atoms with Crippen molar-refractivity contribution in [1.82, 2.24) is 9.97 Å². The number of carbonyl (C=O) groups is 1. The molecule has 0 bridgehead atoms. The third-order valence-corrected chi connectivity index (χ3v) is 9.40. The van der Waals surface area contributed by atoms with Crippen molar-refractivity contribution in [1.29, 1.82) is 0 Å². The number of esters is 1. The van der Waals surface area contributed by atoms with E-state index in [4.69, 9.17) is 15.3 Å². The van der Waals surface area contributed by atoms with Crippen LogP contribution in [0.1, 0.15) is 22.4 Å². The fourth-order valence-corrected chi connectivity index (χ4v) is 6.81. The molecule has 2 N–H and O–H groups in total. The first kappa shape index (κ1) is 26.7. The molecule has 10 heteroatoms. The van der Waals surface area contributed by atoms with E-state index in [0.717, 1.165) is 21.4 Å². The van der Waals surface area contributed by atoms with E-state index in [-0.39, 0.29) is 21.7 Å². The fraction of sp³-hybridized carbons (Fsp3) is 0.0323. The molecule has 41 heavy (non-hydrogen) atoms. The SMILES string of the molecule is Nc1nc(/C(=N/OC(c2ccccc2)(c2ccccc2)c2ccccc2)C(=O)Oc2nc3ccccc3[s+]2S)cs1. The van der Waals surface area contributed by atoms with Gasteiger partial charge in [0, 0.05) is 28.1 Å². The van der Waals surface area contributed by atoms with Crippen molar-refractivity contribution in [2.75, 3.05) is 5.73 Å². The van der Waals surface area contributed by atoms with Gasteiger partial charge in [-0.3, -0.25) is 0 Å². The van der Waals surface area contributed by atoms with Crippen LogP contribution in [0, 0.1) is 0 Å². The minimum absolute atomic E-state index is 0.144. The molecule has 2 heterocycles. The van der Waals surface area contributed by atoms with Gasteiger partial charge in [0.05, 0.1) is 0 Å². The molecule has 6 aromatic rings. The normalized spacial score (nSPS) is 12.3. The Kier molecular flexibility index (Phi) is 7.51. The molecule has 0 aliphatic rings. The van der Waals surface area contributed by atoms with Crippen LogP contribution in [0.15, 0.2) is 126 Å². The molecule has 0 spiro atoms. The number of nitrogens with zero attached hydrogens (tertiary/aromatic N) is 3. The van der Waals surface area contributed by atoms with Crippen molar-refractivity contribution in [3.63, 3.8) is 0 Å². The van der Waals surface area contributed by atoms with Crippen molar-refractivity contribution in [3.8, 4) is 5.19 Å². The quantitative estimate of drug-likeness (QED) is 0.0373. The summed E-state index contributed by atoms with van der Waals surface area (Å²) < 4.78 is 6.65. The van der Waals surface area contributed by atoms with Crippen LogP contribution in [-0.4, -0.2) is 21.6 Å². The van der Waals surface area contributed by atoms with Gasteiger partial charge < -0.3 is 15.3 Å². The van der Waals surface area contributed by atoms with E-state index in [9.17, 15) is 4.79 Å². The molecule has 0 radical (unpaired) electrons. The Hall–Kier alpha value is -4.51. The number of thiazole rings is 2. The van der Waals surface area contributed by atoms with Crippen molar-refractivity contribution < 1.29 is 14.4 Å². The first-order chi connectivity index (χ1) is 20.1. The van der Waals surface area contributed by atoms with Gasteiger partial charge in [0.1, 0.15) is 32.4 Å². The Bertz CT molecular complexity index is 1740. The highest BCUT2D eigenvalue weighted by Gasteiger charge is 2.40. The van der Waals surface area contributed by atoms with Crippen LogP contribution in [0.4, 0.5) is 5.13 Å². The van der Waals surface area contributed by atoms with Gasteiger partial charge in [0.2, 0.25) is 16.0 Å². The molecule has 7 nitrogen and oxygen atoms in total. The topological polar surface area (TPSA) is 99.7 Å². The number of hydrogen-bond donors (Lipinski definition) is 2. The molecule has 2 aromatic heterocycles. The molecular weight excluding hydrogens is 573 g/mol. The molecule has 1 unspecified atom stereocenters. The number of nitrogens with two attached hydrogens (primary N) is 1. The highest BCUT2D eigenvalue weighted by Crippen LogP contribution is 2.43. The van der Waals surface area contributed by atoms with Crippen LogP contribution in [0.25, 0.3) is 10.2 Å². The van der Waals surface area contributed by atoms with Crippen LogP contribution in [0.2, 0.25) is 0 Å². The van der Waals surface area contributed by atoms with E-state index in [1.54, 1.807) is 5.38 Å². The maximum Gasteiger partial charge on any atom is 0.456 e. The number of carbonyl (C=O) groups excluding carboxylic acids is 1. The van der Waals surface area contributed by atoms with Crippen LogP contribution in [0.5, 0.6) is 5.19 Å². The predicted molar refractivity (Wildman–Crippen MR) is 168 cm³/mol. The smallest absolute Gasteiger partial charge is 0.375 e. The van der Waals surface area contributed by atoms with Crippen LogP contribution >= 0.6 is 32.5 Å². The number of anilines is 1. The second-order valence-corrected chi connectivity index (χ2v) is 12.2. The van der Waals surface area contributed by atoms with Gasteiger partial charge in [-0.15, -0.1) is 11.3 Å². The van der Waals surface area contributed by atoms with E-state index in [2.05, 4.69) is 26.8 Å². The number of benzene rings is 4. The van der Waals surface area contributed by atoms with Gasteiger partial charge >= 0.3 is 11.2 Å². The number of para-hydroxylation sites is 1. The number of hydrogen-bond acceptors (Lipinski definition) is 9. The molecule has 0 saturated carbocycles. The van der Waals surface area contributed by atoms with Crippen molar-refractivity contribution >= 4 is 59.5 Å². The summed E-state index contributed by atoms with van der Waals surface area (Å²) in [5.74, 6) is -0.781. The number of nitrogen functional groups attached to an aromatic ring is 1. The maximum atomic E-state index is 13.7. The number of aromatic nitrogens is 2. The summed E-state index contributed by atoms with van der Waals surface area (Å²) in [4.78, 5) is 29.0. The molecule has 0 aliphatic heterocycles. The Morgan fingerprint density at radius 3 is 1.85 bits per heavy atom. The van der Waals surface area contributed by atoms with E-state index in [0.29, 0.717) is 5.52 Å². The maximum absolute atomic E-state index is 13.7. The van der Waals surface area contributed by atoms with Gasteiger partial charge in [-0.1, -0.05) is 108 Å². The van der Waals surface area contributed by atoms with Gasteiger partial charge in [-0.25, -0.2) is 9.78 Å². The molecule has 0 saturated heterocycles. The summed E-state index contributed by atoms with van der Waals surface area (Å²) in [5.41, 5.74) is 7.99. The summed E-state index contributed by atoms with van der Waals surface area (Å²) in [6.07, 6.45) is 0.